The number of carbonyl (C=O) groups excluding carboxylic acids is 3. The molecule has 0 aliphatic carbocycles. The number of carboxylic acid groups (broad SMARTS) is 2. The first-order valence-corrected chi connectivity index (χ1v) is 11.8. The van der Waals surface area contributed by atoms with Crippen molar-refractivity contribution in [3.05, 3.63) is 29.8 Å². The molecule has 0 aliphatic heterocycles. The van der Waals surface area contributed by atoms with Crippen molar-refractivity contribution in [1.29, 1.82) is 0 Å². The number of aromatic hydroxyl groups is 1. The Morgan fingerprint density at radius 3 is 2.03 bits per heavy atom. The highest BCUT2D eigenvalue weighted by Crippen LogP contribution is 2.12. The highest BCUT2D eigenvalue weighted by atomic mass is 16.4. The van der Waals surface area contributed by atoms with Gasteiger partial charge in [-0.25, -0.2) is 4.79 Å². The molecule has 216 valence electrons. The van der Waals surface area contributed by atoms with Crippen molar-refractivity contribution in [1.82, 2.24) is 16.0 Å². The Balaban J connectivity index is 2.92. The Hall–Kier alpha value is -4.44. The maximum Gasteiger partial charge on any atom is 0.326 e. The smallest absolute Gasteiger partial charge is 0.326 e. The topological polar surface area (TPSA) is 293 Å². The first kappa shape index (κ1) is 32.6. The molecule has 16 heteroatoms. The van der Waals surface area contributed by atoms with Crippen LogP contribution in [0.25, 0.3) is 0 Å². The molecule has 0 fully saturated rings. The van der Waals surface area contributed by atoms with Crippen LogP contribution in [0.3, 0.4) is 0 Å². The molecule has 1 aromatic carbocycles. The number of nitrogens with zero attached hydrogens (tertiary/aromatic N) is 1. The molecule has 0 aliphatic rings. The number of carbonyl (C=O) groups is 5. The van der Waals surface area contributed by atoms with Gasteiger partial charge in [0, 0.05) is 13.0 Å². The zero-order valence-electron chi connectivity index (χ0n) is 21.2. The molecule has 0 radical (unpaired) electrons. The third-order valence-corrected chi connectivity index (χ3v) is 5.37. The van der Waals surface area contributed by atoms with Crippen molar-refractivity contribution in [3.8, 4) is 5.75 Å². The number of aliphatic hydroxyl groups is 1. The van der Waals surface area contributed by atoms with Gasteiger partial charge in [0.05, 0.1) is 18.6 Å². The molecular weight excluding hydrogens is 518 g/mol. The van der Waals surface area contributed by atoms with Gasteiger partial charge in [0.2, 0.25) is 17.7 Å². The second-order valence-electron chi connectivity index (χ2n) is 8.71. The number of nitrogens with two attached hydrogens (primary N) is 3. The summed E-state index contributed by atoms with van der Waals surface area (Å²) in [6.07, 6.45) is -2.15. The van der Waals surface area contributed by atoms with E-state index in [-0.39, 0.29) is 31.1 Å². The molecule has 16 nitrogen and oxygen atoms in total. The highest BCUT2D eigenvalue weighted by molar-refractivity contribution is 5.95. The largest absolute Gasteiger partial charge is 0.508 e. The minimum absolute atomic E-state index is 0.0403. The third-order valence-electron chi connectivity index (χ3n) is 5.37. The fraction of sp³-hybridized carbons (Fsp3) is 0.478. The number of phenolic OH excluding ortho intramolecular Hbond substituents is 1. The average molecular weight is 554 g/mol. The second kappa shape index (κ2) is 15.7. The van der Waals surface area contributed by atoms with Crippen LogP contribution < -0.4 is 33.2 Å². The first-order valence-electron chi connectivity index (χ1n) is 11.8. The summed E-state index contributed by atoms with van der Waals surface area (Å²) in [6.45, 7) is 1.34. The van der Waals surface area contributed by atoms with Crippen LogP contribution in [0.2, 0.25) is 0 Å². The molecule has 5 unspecified atom stereocenters. The lowest BCUT2D eigenvalue weighted by atomic mass is 10.0. The molecule has 1 rings (SSSR count). The van der Waals surface area contributed by atoms with Gasteiger partial charge in [-0.1, -0.05) is 12.1 Å². The number of carboxylic acids is 2. The molecular formula is C23H35N7O9. The molecule has 3 amide bonds. The number of nitrogens with one attached hydrogen (secondary N) is 3. The summed E-state index contributed by atoms with van der Waals surface area (Å²) in [5.74, 6) is -6.07. The molecule has 0 bridgehead atoms. The van der Waals surface area contributed by atoms with Crippen LogP contribution in [-0.4, -0.2) is 92.9 Å². The Bertz CT molecular complexity index is 1040. The van der Waals surface area contributed by atoms with Gasteiger partial charge >= 0.3 is 11.9 Å². The van der Waals surface area contributed by atoms with Crippen LogP contribution in [-0.2, 0) is 30.4 Å². The molecule has 0 aromatic heterocycles. The van der Waals surface area contributed by atoms with Gasteiger partial charge in [-0.05, 0) is 37.5 Å². The van der Waals surface area contributed by atoms with E-state index in [1.54, 1.807) is 0 Å². The normalized spacial score (nSPS) is 14.5. The van der Waals surface area contributed by atoms with Crippen molar-refractivity contribution in [3.63, 3.8) is 0 Å². The number of aliphatic imine (C=N–C) groups is 1. The molecule has 13 N–H and O–H groups in total. The maximum atomic E-state index is 12.8. The summed E-state index contributed by atoms with van der Waals surface area (Å²) in [4.78, 5) is 64.8. The standard InChI is InChI=1S/C23H35N7O9/c1-11(31)18(21(37)29-16(22(38)39)9-12-4-6-13(32)7-5-12)30-20(36)15(10-17(33)34)28-19(35)14(24)3-2-8-27-23(25)26/h4-7,11,14-16,18,31-32H,2-3,8-10,24H2,1H3,(H,28,35)(H,29,37)(H,30,36)(H,33,34)(H,38,39)(H4,25,26,27). The van der Waals surface area contributed by atoms with Crippen LogP contribution >= 0.6 is 0 Å². The van der Waals surface area contributed by atoms with E-state index in [4.69, 9.17) is 17.2 Å². The van der Waals surface area contributed by atoms with E-state index < -0.39 is 66.4 Å². The quantitative estimate of drug-likeness (QED) is 0.0547. The minimum Gasteiger partial charge on any atom is -0.508 e. The summed E-state index contributed by atoms with van der Waals surface area (Å²) < 4.78 is 0. The van der Waals surface area contributed by atoms with E-state index in [9.17, 15) is 44.4 Å². The van der Waals surface area contributed by atoms with Crippen LogP contribution in [0.5, 0.6) is 5.75 Å². The van der Waals surface area contributed by atoms with E-state index in [0.717, 1.165) is 6.92 Å². The Labute approximate surface area is 223 Å². The zero-order valence-corrected chi connectivity index (χ0v) is 21.2. The summed E-state index contributed by atoms with van der Waals surface area (Å²) >= 11 is 0. The number of phenols is 1. The maximum absolute atomic E-state index is 12.8. The predicted octanol–water partition coefficient (Wildman–Crippen LogP) is -3.29. The Kier molecular flexibility index (Phi) is 13.1. The van der Waals surface area contributed by atoms with Gasteiger partial charge in [0.25, 0.3) is 0 Å². The number of benzene rings is 1. The number of rotatable bonds is 16. The minimum atomic E-state index is -1.69. The molecule has 5 atom stereocenters. The Morgan fingerprint density at radius 2 is 1.51 bits per heavy atom. The molecule has 0 saturated heterocycles. The monoisotopic (exact) mass is 553 g/mol. The fourth-order valence-corrected chi connectivity index (χ4v) is 3.30. The van der Waals surface area contributed by atoms with Crippen molar-refractivity contribution in [2.24, 2.45) is 22.2 Å². The fourth-order valence-electron chi connectivity index (χ4n) is 3.30. The molecule has 1 aromatic rings. The summed E-state index contributed by atoms with van der Waals surface area (Å²) in [7, 11) is 0. The predicted molar refractivity (Wildman–Crippen MR) is 137 cm³/mol. The van der Waals surface area contributed by atoms with Crippen LogP contribution in [0.4, 0.5) is 0 Å². The average Bonchev–Trinajstić information content (AvgIpc) is 2.84. The van der Waals surface area contributed by atoms with Crippen molar-refractivity contribution < 1.29 is 44.4 Å². The van der Waals surface area contributed by atoms with Gasteiger partial charge in [-0.2, -0.15) is 0 Å². The number of hydrogen-bond donors (Lipinski definition) is 10. The lowest BCUT2D eigenvalue weighted by Gasteiger charge is -2.26. The van der Waals surface area contributed by atoms with Crippen LogP contribution in [0, 0.1) is 0 Å². The van der Waals surface area contributed by atoms with E-state index >= 15 is 0 Å². The number of aliphatic carboxylic acids is 2. The van der Waals surface area contributed by atoms with Crippen LogP contribution in [0.15, 0.2) is 29.3 Å². The van der Waals surface area contributed by atoms with Gasteiger partial charge < -0.3 is 53.6 Å². The lowest BCUT2D eigenvalue weighted by molar-refractivity contribution is -0.144. The zero-order chi connectivity index (χ0) is 29.7. The van der Waals surface area contributed by atoms with Crippen molar-refractivity contribution >= 4 is 35.6 Å². The number of aliphatic hydroxyl groups excluding tert-OH is 1. The van der Waals surface area contributed by atoms with Gasteiger partial charge in [-0.3, -0.25) is 24.2 Å². The van der Waals surface area contributed by atoms with E-state index in [0.29, 0.717) is 12.0 Å². The number of guanidine groups is 1. The lowest BCUT2D eigenvalue weighted by Crippen LogP contribution is -2.60. The SMILES string of the molecule is CC(O)C(NC(=O)C(CC(=O)O)NC(=O)C(N)CCCN=C(N)N)C(=O)NC(Cc1ccc(O)cc1)C(=O)O. The molecule has 0 spiro atoms. The van der Waals surface area contributed by atoms with Crippen LogP contribution in [0.1, 0.15) is 31.7 Å². The summed E-state index contributed by atoms with van der Waals surface area (Å²) in [5, 5.41) is 44.8. The van der Waals surface area contributed by atoms with Crippen molar-refractivity contribution in [2.45, 2.75) is 62.9 Å². The molecule has 0 saturated carbocycles. The number of amides is 3. The van der Waals surface area contributed by atoms with E-state index in [1.165, 1.54) is 24.3 Å². The second-order valence-corrected chi connectivity index (χ2v) is 8.71. The first-order chi connectivity index (χ1) is 18.2. The van der Waals surface area contributed by atoms with Gasteiger partial charge in [0.1, 0.15) is 23.9 Å². The summed E-state index contributed by atoms with van der Waals surface area (Å²) in [5.41, 5.74) is 16.7. The van der Waals surface area contributed by atoms with E-state index in [2.05, 4.69) is 20.9 Å². The summed E-state index contributed by atoms with van der Waals surface area (Å²) in [6, 6.07) is -0.377. The van der Waals surface area contributed by atoms with E-state index in [1.807, 2.05) is 0 Å². The molecule has 39 heavy (non-hydrogen) atoms. The van der Waals surface area contributed by atoms with Gasteiger partial charge in [-0.15, -0.1) is 0 Å². The third kappa shape index (κ3) is 12.1. The highest BCUT2D eigenvalue weighted by Gasteiger charge is 2.33. The molecule has 0 heterocycles. The number of hydrogen-bond acceptors (Lipinski definition) is 9. The van der Waals surface area contributed by atoms with Gasteiger partial charge in [0.15, 0.2) is 5.96 Å². The Morgan fingerprint density at radius 1 is 0.923 bits per heavy atom. The van der Waals surface area contributed by atoms with Crippen molar-refractivity contribution in [2.75, 3.05) is 6.54 Å².